The molecule has 0 saturated heterocycles. The minimum atomic E-state index is 0.691. The SMILES string of the molecule is COc1cccc(SCc2ccccc2)c1Cl. The van der Waals surface area contributed by atoms with Gasteiger partial charge in [0, 0.05) is 10.6 Å². The number of hydrogen-bond donors (Lipinski definition) is 0. The van der Waals surface area contributed by atoms with E-state index in [1.54, 1.807) is 18.9 Å². The van der Waals surface area contributed by atoms with Gasteiger partial charge in [-0.2, -0.15) is 0 Å². The Bertz CT molecular complexity index is 485. The van der Waals surface area contributed by atoms with E-state index in [0.29, 0.717) is 5.02 Å². The predicted molar refractivity (Wildman–Crippen MR) is 74.0 cm³/mol. The van der Waals surface area contributed by atoms with Crippen molar-refractivity contribution in [1.82, 2.24) is 0 Å². The first-order valence-electron chi connectivity index (χ1n) is 5.30. The Morgan fingerprint density at radius 1 is 1.06 bits per heavy atom. The van der Waals surface area contributed by atoms with E-state index in [4.69, 9.17) is 16.3 Å². The maximum atomic E-state index is 6.23. The minimum Gasteiger partial charge on any atom is -0.495 e. The molecule has 0 aliphatic carbocycles. The Morgan fingerprint density at radius 3 is 2.53 bits per heavy atom. The minimum absolute atomic E-state index is 0.691. The van der Waals surface area contributed by atoms with Crippen LogP contribution in [0.15, 0.2) is 53.4 Å². The van der Waals surface area contributed by atoms with Crippen LogP contribution in [-0.4, -0.2) is 7.11 Å². The third kappa shape index (κ3) is 3.18. The Balaban J connectivity index is 2.09. The summed E-state index contributed by atoms with van der Waals surface area (Å²) < 4.78 is 5.19. The summed E-state index contributed by atoms with van der Waals surface area (Å²) in [5, 5.41) is 0.691. The van der Waals surface area contributed by atoms with Crippen LogP contribution in [0.1, 0.15) is 5.56 Å². The van der Waals surface area contributed by atoms with Gasteiger partial charge in [0.25, 0.3) is 0 Å². The van der Waals surface area contributed by atoms with Crippen LogP contribution >= 0.6 is 23.4 Å². The fourth-order valence-corrected chi connectivity index (χ4v) is 2.78. The van der Waals surface area contributed by atoms with Crippen LogP contribution in [0.4, 0.5) is 0 Å². The fraction of sp³-hybridized carbons (Fsp3) is 0.143. The van der Waals surface area contributed by atoms with Crippen molar-refractivity contribution in [3.63, 3.8) is 0 Å². The molecule has 0 atom stereocenters. The molecule has 0 bridgehead atoms. The number of halogens is 1. The molecule has 0 heterocycles. The zero-order chi connectivity index (χ0) is 12.1. The molecular formula is C14H13ClOS. The highest BCUT2D eigenvalue weighted by Crippen LogP contribution is 2.35. The van der Waals surface area contributed by atoms with Gasteiger partial charge < -0.3 is 4.74 Å². The van der Waals surface area contributed by atoms with Crippen molar-refractivity contribution in [2.75, 3.05) is 7.11 Å². The molecule has 0 aliphatic heterocycles. The van der Waals surface area contributed by atoms with Gasteiger partial charge in [-0.25, -0.2) is 0 Å². The largest absolute Gasteiger partial charge is 0.495 e. The summed E-state index contributed by atoms with van der Waals surface area (Å²) in [5.74, 6) is 1.64. The molecule has 3 heteroatoms. The summed E-state index contributed by atoms with van der Waals surface area (Å²) >= 11 is 7.95. The lowest BCUT2D eigenvalue weighted by atomic mass is 10.2. The molecule has 2 aromatic rings. The number of thioether (sulfide) groups is 1. The normalized spacial score (nSPS) is 10.2. The molecule has 2 rings (SSSR count). The summed E-state index contributed by atoms with van der Waals surface area (Å²) in [4.78, 5) is 1.05. The van der Waals surface area contributed by atoms with E-state index in [0.717, 1.165) is 16.4 Å². The number of hydrogen-bond acceptors (Lipinski definition) is 2. The van der Waals surface area contributed by atoms with Gasteiger partial charge in [0.2, 0.25) is 0 Å². The van der Waals surface area contributed by atoms with Crippen molar-refractivity contribution < 1.29 is 4.74 Å². The molecule has 0 saturated carbocycles. The lowest BCUT2D eigenvalue weighted by Gasteiger charge is -2.08. The second-order valence-corrected chi connectivity index (χ2v) is 4.94. The summed E-state index contributed by atoms with van der Waals surface area (Å²) in [6.07, 6.45) is 0. The average Bonchev–Trinajstić information content (AvgIpc) is 2.39. The number of benzene rings is 2. The first-order valence-corrected chi connectivity index (χ1v) is 6.67. The highest BCUT2D eigenvalue weighted by Gasteiger charge is 2.06. The van der Waals surface area contributed by atoms with Gasteiger partial charge in [-0.3, -0.25) is 0 Å². The van der Waals surface area contributed by atoms with Gasteiger partial charge in [-0.15, -0.1) is 11.8 Å². The molecule has 17 heavy (non-hydrogen) atoms. The molecule has 1 nitrogen and oxygen atoms in total. The molecular weight excluding hydrogens is 252 g/mol. The topological polar surface area (TPSA) is 9.23 Å². The third-order valence-electron chi connectivity index (χ3n) is 2.38. The summed E-state index contributed by atoms with van der Waals surface area (Å²) in [6.45, 7) is 0. The van der Waals surface area contributed by atoms with Gasteiger partial charge in [-0.1, -0.05) is 48.0 Å². The molecule has 0 spiro atoms. The van der Waals surface area contributed by atoms with Gasteiger partial charge >= 0.3 is 0 Å². The Morgan fingerprint density at radius 2 is 1.82 bits per heavy atom. The molecule has 88 valence electrons. The van der Waals surface area contributed by atoms with Crippen LogP contribution in [-0.2, 0) is 5.75 Å². The van der Waals surface area contributed by atoms with Crippen LogP contribution < -0.4 is 4.74 Å². The van der Waals surface area contributed by atoms with Crippen molar-refractivity contribution in [1.29, 1.82) is 0 Å². The summed E-state index contributed by atoms with van der Waals surface area (Å²) in [7, 11) is 1.63. The fourth-order valence-electron chi connectivity index (χ4n) is 1.50. The van der Waals surface area contributed by atoms with Crippen molar-refractivity contribution in [3.8, 4) is 5.75 Å². The van der Waals surface area contributed by atoms with Gasteiger partial charge in [0.05, 0.1) is 12.1 Å². The Labute approximate surface area is 111 Å². The first-order chi connectivity index (χ1) is 8.31. The molecule has 0 amide bonds. The van der Waals surface area contributed by atoms with E-state index >= 15 is 0 Å². The van der Waals surface area contributed by atoms with E-state index in [2.05, 4.69) is 12.1 Å². The maximum absolute atomic E-state index is 6.23. The van der Waals surface area contributed by atoms with Crippen LogP contribution in [0.3, 0.4) is 0 Å². The third-order valence-corrected chi connectivity index (χ3v) is 4.02. The maximum Gasteiger partial charge on any atom is 0.138 e. The van der Waals surface area contributed by atoms with E-state index in [1.165, 1.54) is 5.56 Å². The van der Waals surface area contributed by atoms with Crippen molar-refractivity contribution in [2.45, 2.75) is 10.6 Å². The lowest BCUT2D eigenvalue weighted by molar-refractivity contribution is 0.414. The van der Waals surface area contributed by atoms with Crippen LogP contribution in [0.5, 0.6) is 5.75 Å². The number of methoxy groups -OCH3 is 1. The Hall–Kier alpha value is -1.12. The second-order valence-electron chi connectivity index (χ2n) is 3.55. The predicted octanol–water partition coefficient (Wildman–Crippen LogP) is 4.64. The van der Waals surface area contributed by atoms with Crippen molar-refractivity contribution >= 4 is 23.4 Å². The zero-order valence-electron chi connectivity index (χ0n) is 9.52. The first kappa shape index (κ1) is 12.3. The van der Waals surface area contributed by atoms with Gasteiger partial charge in [-0.05, 0) is 17.7 Å². The Kier molecular flexibility index (Phi) is 4.35. The van der Waals surface area contributed by atoms with Crippen LogP contribution in [0, 0.1) is 0 Å². The number of ether oxygens (including phenoxy) is 1. The average molecular weight is 265 g/mol. The lowest BCUT2D eigenvalue weighted by Crippen LogP contribution is -1.86. The van der Waals surface area contributed by atoms with Gasteiger partial charge in [0.15, 0.2) is 0 Å². The van der Waals surface area contributed by atoms with Gasteiger partial charge in [0.1, 0.15) is 5.75 Å². The molecule has 0 unspecified atom stereocenters. The van der Waals surface area contributed by atoms with Crippen molar-refractivity contribution in [2.24, 2.45) is 0 Å². The molecule has 0 aromatic heterocycles. The van der Waals surface area contributed by atoms with Crippen LogP contribution in [0.2, 0.25) is 5.02 Å². The molecule has 0 N–H and O–H groups in total. The summed E-state index contributed by atoms with van der Waals surface area (Å²) in [6, 6.07) is 16.2. The van der Waals surface area contributed by atoms with E-state index in [9.17, 15) is 0 Å². The van der Waals surface area contributed by atoms with E-state index < -0.39 is 0 Å². The van der Waals surface area contributed by atoms with Crippen molar-refractivity contribution in [3.05, 3.63) is 59.1 Å². The van der Waals surface area contributed by atoms with E-state index in [1.807, 2.05) is 36.4 Å². The monoisotopic (exact) mass is 264 g/mol. The molecule has 2 aromatic carbocycles. The standard InChI is InChI=1S/C14H13ClOS/c1-16-12-8-5-9-13(14(12)15)17-10-11-6-3-2-4-7-11/h2-9H,10H2,1H3. The quantitative estimate of drug-likeness (QED) is 0.744. The smallest absolute Gasteiger partial charge is 0.138 e. The second kappa shape index (κ2) is 5.99. The highest BCUT2D eigenvalue weighted by molar-refractivity contribution is 7.98. The summed E-state index contributed by atoms with van der Waals surface area (Å²) in [5.41, 5.74) is 1.29. The highest BCUT2D eigenvalue weighted by atomic mass is 35.5. The molecule has 0 aliphatic rings. The number of rotatable bonds is 4. The zero-order valence-corrected chi connectivity index (χ0v) is 11.1. The van der Waals surface area contributed by atoms with Crippen LogP contribution in [0.25, 0.3) is 0 Å². The molecule has 0 fully saturated rings. The van der Waals surface area contributed by atoms with E-state index in [-0.39, 0.29) is 0 Å². The molecule has 0 radical (unpaired) electrons.